The first-order chi connectivity index (χ1) is 7.96. The average molecular weight is 234 g/mol. The van der Waals surface area contributed by atoms with E-state index in [9.17, 15) is 4.79 Å². The molecule has 0 atom stereocenters. The van der Waals surface area contributed by atoms with Gasteiger partial charge in [-0.1, -0.05) is 31.7 Å². The second kappa shape index (κ2) is 5.53. The van der Waals surface area contributed by atoms with Gasteiger partial charge in [0.05, 0.1) is 0 Å². The Kier molecular flexibility index (Phi) is 4.32. The lowest BCUT2D eigenvalue weighted by atomic mass is 10.1. The molecule has 0 unspecified atom stereocenters. The minimum absolute atomic E-state index is 0.465. The van der Waals surface area contributed by atoms with E-state index in [1.54, 1.807) is 18.2 Å². The third-order valence-electron chi connectivity index (χ3n) is 2.53. The predicted octanol–water partition coefficient (Wildman–Crippen LogP) is 4.03. The van der Waals surface area contributed by atoms with Crippen molar-refractivity contribution in [3.8, 4) is 5.75 Å². The maximum absolute atomic E-state index is 11.5. The van der Waals surface area contributed by atoms with Crippen LogP contribution in [0.15, 0.2) is 30.8 Å². The van der Waals surface area contributed by atoms with Gasteiger partial charge in [-0.3, -0.25) is 0 Å². The molecule has 0 heterocycles. The Morgan fingerprint density at radius 1 is 1.35 bits per heavy atom. The van der Waals surface area contributed by atoms with Crippen molar-refractivity contribution in [1.29, 1.82) is 0 Å². The van der Waals surface area contributed by atoms with E-state index in [4.69, 9.17) is 9.47 Å². The summed E-state index contributed by atoms with van der Waals surface area (Å²) in [6.45, 7) is 9.28. The molecule has 3 heteroatoms. The first-order valence-electron chi connectivity index (χ1n) is 5.60. The Labute approximate surface area is 102 Å². The number of rotatable bonds is 4. The summed E-state index contributed by atoms with van der Waals surface area (Å²) in [4.78, 5) is 11.5. The number of ether oxygens (including phenoxy) is 2. The van der Waals surface area contributed by atoms with Crippen molar-refractivity contribution >= 4 is 12.2 Å². The topological polar surface area (TPSA) is 35.5 Å². The fourth-order valence-corrected chi connectivity index (χ4v) is 1.09. The number of hydrogen-bond donors (Lipinski definition) is 0. The lowest BCUT2D eigenvalue weighted by Crippen LogP contribution is -2.28. The summed E-state index contributed by atoms with van der Waals surface area (Å²) in [5.74, 6) is 0.465. The van der Waals surface area contributed by atoms with Crippen LogP contribution in [0.1, 0.15) is 32.8 Å². The molecule has 1 aromatic rings. The lowest BCUT2D eigenvalue weighted by molar-refractivity contribution is 0.00707. The van der Waals surface area contributed by atoms with Crippen LogP contribution in [0.3, 0.4) is 0 Å². The molecule has 1 aromatic carbocycles. The molecule has 0 amide bonds. The zero-order valence-corrected chi connectivity index (χ0v) is 10.5. The molecule has 0 aromatic heterocycles. The van der Waals surface area contributed by atoms with Crippen molar-refractivity contribution < 1.29 is 14.3 Å². The van der Waals surface area contributed by atoms with Gasteiger partial charge in [0.1, 0.15) is 11.4 Å². The number of carbonyl (C=O) groups is 1. The van der Waals surface area contributed by atoms with Crippen LogP contribution in [-0.2, 0) is 4.74 Å². The van der Waals surface area contributed by atoms with Gasteiger partial charge in [0, 0.05) is 0 Å². The summed E-state index contributed by atoms with van der Waals surface area (Å²) in [7, 11) is 0. The van der Waals surface area contributed by atoms with E-state index in [1.807, 2.05) is 32.9 Å². The predicted molar refractivity (Wildman–Crippen MR) is 68.0 cm³/mol. The van der Waals surface area contributed by atoms with Gasteiger partial charge in [-0.25, -0.2) is 4.79 Å². The van der Waals surface area contributed by atoms with Crippen molar-refractivity contribution in [2.45, 2.75) is 32.8 Å². The molecule has 3 nitrogen and oxygen atoms in total. The maximum atomic E-state index is 11.5. The summed E-state index contributed by atoms with van der Waals surface area (Å²) in [5, 5.41) is 0. The first-order valence-corrected chi connectivity index (χ1v) is 5.60. The normalized spacial score (nSPS) is 10.8. The maximum Gasteiger partial charge on any atom is 0.514 e. The standard InChI is InChI=1S/C14H18O3/c1-5-11-7-9-12(10-8-11)16-13(15)17-14(3,4)6-2/h5,7-10H,1,6H2,2-4H3. The van der Waals surface area contributed by atoms with Gasteiger partial charge in [-0.2, -0.15) is 0 Å². The second-order valence-corrected chi connectivity index (χ2v) is 4.34. The first kappa shape index (κ1) is 13.3. The van der Waals surface area contributed by atoms with Crippen molar-refractivity contribution in [3.63, 3.8) is 0 Å². The van der Waals surface area contributed by atoms with E-state index >= 15 is 0 Å². The Balaban J connectivity index is 2.59. The van der Waals surface area contributed by atoms with Crippen LogP contribution in [0, 0.1) is 0 Å². The van der Waals surface area contributed by atoms with E-state index < -0.39 is 11.8 Å². The van der Waals surface area contributed by atoms with E-state index in [-0.39, 0.29) is 0 Å². The lowest BCUT2D eigenvalue weighted by Gasteiger charge is -2.22. The van der Waals surface area contributed by atoms with Crippen LogP contribution in [0.2, 0.25) is 0 Å². The monoisotopic (exact) mass is 234 g/mol. The van der Waals surface area contributed by atoms with Gasteiger partial charge in [-0.15, -0.1) is 0 Å². The Hall–Kier alpha value is -1.77. The molecule has 17 heavy (non-hydrogen) atoms. The van der Waals surface area contributed by atoms with Gasteiger partial charge < -0.3 is 9.47 Å². The molecule has 0 fully saturated rings. The number of hydrogen-bond acceptors (Lipinski definition) is 3. The molecule has 0 aliphatic carbocycles. The molecule has 0 saturated heterocycles. The molecule has 0 bridgehead atoms. The molecule has 0 N–H and O–H groups in total. The average Bonchev–Trinajstić information content (AvgIpc) is 2.29. The highest BCUT2D eigenvalue weighted by molar-refractivity contribution is 5.64. The summed E-state index contributed by atoms with van der Waals surface area (Å²) in [5.41, 5.74) is 0.470. The zero-order valence-electron chi connectivity index (χ0n) is 10.5. The van der Waals surface area contributed by atoms with E-state index in [2.05, 4.69) is 6.58 Å². The molecule has 0 radical (unpaired) electrons. The highest BCUT2D eigenvalue weighted by Crippen LogP contribution is 2.17. The molecule has 0 saturated carbocycles. The molecule has 0 aliphatic rings. The smallest absolute Gasteiger partial charge is 0.428 e. The summed E-state index contributed by atoms with van der Waals surface area (Å²) in [6, 6.07) is 7.05. The van der Waals surface area contributed by atoms with Gasteiger partial charge in [0.2, 0.25) is 0 Å². The molecular weight excluding hydrogens is 216 g/mol. The highest BCUT2D eigenvalue weighted by Gasteiger charge is 2.21. The third-order valence-corrected chi connectivity index (χ3v) is 2.53. The molecule has 1 rings (SSSR count). The summed E-state index contributed by atoms with van der Waals surface area (Å²) < 4.78 is 10.2. The van der Waals surface area contributed by atoms with Gasteiger partial charge >= 0.3 is 6.16 Å². The Morgan fingerprint density at radius 2 is 1.94 bits per heavy atom. The van der Waals surface area contributed by atoms with Crippen LogP contribution in [0.5, 0.6) is 5.75 Å². The summed E-state index contributed by atoms with van der Waals surface area (Å²) in [6.07, 6.45) is 1.78. The minimum atomic E-state index is -0.678. The third kappa shape index (κ3) is 4.31. The Bertz CT molecular complexity index is 390. The fourth-order valence-electron chi connectivity index (χ4n) is 1.09. The largest absolute Gasteiger partial charge is 0.514 e. The zero-order chi connectivity index (χ0) is 12.9. The van der Waals surface area contributed by atoms with E-state index in [0.717, 1.165) is 12.0 Å². The number of carbonyl (C=O) groups excluding carboxylic acids is 1. The van der Waals surface area contributed by atoms with Crippen LogP contribution < -0.4 is 4.74 Å². The summed E-state index contributed by atoms with van der Waals surface area (Å²) >= 11 is 0. The van der Waals surface area contributed by atoms with Crippen LogP contribution in [-0.4, -0.2) is 11.8 Å². The van der Waals surface area contributed by atoms with Crippen molar-refractivity contribution in [2.75, 3.05) is 0 Å². The van der Waals surface area contributed by atoms with Crippen LogP contribution >= 0.6 is 0 Å². The Morgan fingerprint density at radius 3 is 2.41 bits per heavy atom. The van der Waals surface area contributed by atoms with E-state index in [0.29, 0.717) is 5.75 Å². The van der Waals surface area contributed by atoms with E-state index in [1.165, 1.54) is 0 Å². The molecule has 0 aliphatic heterocycles. The second-order valence-electron chi connectivity index (χ2n) is 4.34. The van der Waals surface area contributed by atoms with Crippen LogP contribution in [0.4, 0.5) is 4.79 Å². The van der Waals surface area contributed by atoms with Crippen molar-refractivity contribution in [1.82, 2.24) is 0 Å². The SMILES string of the molecule is C=Cc1ccc(OC(=O)OC(C)(C)CC)cc1. The minimum Gasteiger partial charge on any atom is -0.428 e. The highest BCUT2D eigenvalue weighted by atomic mass is 16.7. The van der Waals surface area contributed by atoms with Crippen LogP contribution in [0.25, 0.3) is 6.08 Å². The van der Waals surface area contributed by atoms with Gasteiger partial charge in [0.15, 0.2) is 0 Å². The van der Waals surface area contributed by atoms with Gasteiger partial charge in [-0.05, 0) is 38.0 Å². The fraction of sp³-hybridized carbons (Fsp3) is 0.357. The van der Waals surface area contributed by atoms with Crippen molar-refractivity contribution in [3.05, 3.63) is 36.4 Å². The molecule has 0 spiro atoms. The van der Waals surface area contributed by atoms with Crippen molar-refractivity contribution in [2.24, 2.45) is 0 Å². The number of benzene rings is 1. The quantitative estimate of drug-likeness (QED) is 0.582. The molecular formula is C14H18O3. The van der Waals surface area contributed by atoms with Gasteiger partial charge in [0.25, 0.3) is 0 Å². The molecule has 92 valence electrons.